The van der Waals surface area contributed by atoms with Gasteiger partial charge in [-0.15, -0.1) is 0 Å². The van der Waals surface area contributed by atoms with E-state index in [2.05, 4.69) is 28.9 Å². The van der Waals surface area contributed by atoms with Crippen LogP contribution in [0.5, 0.6) is 5.75 Å². The van der Waals surface area contributed by atoms with E-state index in [1.165, 1.54) is 5.69 Å². The molecule has 5 heteroatoms. The van der Waals surface area contributed by atoms with Gasteiger partial charge in [0, 0.05) is 32.1 Å². The molecule has 0 radical (unpaired) electrons. The molecule has 0 unspecified atom stereocenters. The van der Waals surface area contributed by atoms with Gasteiger partial charge in [-0.05, 0) is 31.5 Å². The number of hydrogen-bond acceptors (Lipinski definition) is 5. The van der Waals surface area contributed by atoms with Gasteiger partial charge in [0.15, 0.2) is 0 Å². The van der Waals surface area contributed by atoms with Gasteiger partial charge < -0.3 is 24.4 Å². The number of aliphatic carboxylic acids is 1. The highest BCUT2D eigenvalue weighted by atomic mass is 16.5. The molecule has 1 heterocycles. The van der Waals surface area contributed by atoms with E-state index in [0.29, 0.717) is 0 Å². The second kappa shape index (κ2) is 10.9. The average Bonchev–Trinajstić information content (AvgIpc) is 2.60. The number of ether oxygens (including phenoxy) is 1. The molecule has 0 bridgehead atoms. The second-order valence-corrected chi connectivity index (χ2v) is 5.57. The molecule has 0 N–H and O–H groups in total. The zero-order valence-corrected chi connectivity index (χ0v) is 14.6. The van der Waals surface area contributed by atoms with Crippen molar-refractivity contribution < 1.29 is 14.6 Å². The van der Waals surface area contributed by atoms with E-state index >= 15 is 0 Å². The predicted octanol–water partition coefficient (Wildman–Crippen LogP) is 1.76. The Balaban J connectivity index is 0.000000322. The van der Waals surface area contributed by atoms with E-state index in [-0.39, 0.29) is 6.42 Å². The number of carboxylic acids is 1. The summed E-state index contributed by atoms with van der Waals surface area (Å²) in [7, 11) is 1.74. The van der Waals surface area contributed by atoms with Crippen LogP contribution >= 0.6 is 0 Å². The lowest BCUT2D eigenvalue weighted by atomic mass is 10.2. The van der Waals surface area contributed by atoms with Crippen LogP contribution < -0.4 is 14.7 Å². The first kappa shape index (κ1) is 19.3. The monoisotopic (exact) mass is 321 g/mol. The van der Waals surface area contributed by atoms with Gasteiger partial charge in [-0.1, -0.05) is 32.4 Å². The van der Waals surface area contributed by atoms with Crippen LogP contribution in [0.3, 0.4) is 0 Å². The number of piperazine rings is 1. The lowest BCUT2D eigenvalue weighted by molar-refractivity contribution is -0.305. The summed E-state index contributed by atoms with van der Waals surface area (Å²) in [5.41, 5.74) is 1.22. The Morgan fingerprint density at radius 3 is 2.30 bits per heavy atom. The quantitative estimate of drug-likeness (QED) is 0.799. The van der Waals surface area contributed by atoms with Crippen molar-refractivity contribution in [3.05, 3.63) is 24.3 Å². The van der Waals surface area contributed by atoms with Crippen LogP contribution in [0.25, 0.3) is 0 Å². The fourth-order valence-electron chi connectivity index (χ4n) is 2.52. The topological polar surface area (TPSA) is 55.8 Å². The molecule has 1 aliphatic heterocycles. The molecule has 1 aromatic carbocycles. The summed E-state index contributed by atoms with van der Waals surface area (Å²) in [5, 5.41) is 9.65. The number of unbranched alkanes of at least 4 members (excludes halogenated alkanes) is 1. The third-order valence-electron chi connectivity index (χ3n) is 3.98. The summed E-state index contributed by atoms with van der Waals surface area (Å²) >= 11 is 0. The SMILES string of the molecule is CCCCC(=O)[O-].CCN1CCN(c2ccccc2OC)CC1. The van der Waals surface area contributed by atoms with Crippen LogP contribution in [0.15, 0.2) is 24.3 Å². The molecule has 2 rings (SSSR count). The van der Waals surface area contributed by atoms with Gasteiger partial charge in [0.2, 0.25) is 0 Å². The zero-order chi connectivity index (χ0) is 17.1. The first-order valence-corrected chi connectivity index (χ1v) is 8.42. The molecule has 1 aliphatic rings. The Hall–Kier alpha value is -1.75. The molecule has 1 saturated heterocycles. The Morgan fingerprint density at radius 1 is 1.17 bits per heavy atom. The molecule has 130 valence electrons. The van der Waals surface area contributed by atoms with E-state index in [1.54, 1.807) is 7.11 Å². The van der Waals surface area contributed by atoms with Crippen molar-refractivity contribution >= 4 is 11.7 Å². The van der Waals surface area contributed by atoms with Crippen molar-refractivity contribution in [2.24, 2.45) is 0 Å². The van der Waals surface area contributed by atoms with E-state index in [9.17, 15) is 9.90 Å². The standard InChI is InChI=1S/C13H20N2O.C5H10O2/c1-3-14-8-10-15(11-9-14)12-6-4-5-7-13(12)16-2;1-2-3-4-5(6)7/h4-7H,3,8-11H2,1-2H3;2-4H2,1H3,(H,6,7)/p-1. The van der Waals surface area contributed by atoms with Gasteiger partial charge in [-0.2, -0.15) is 0 Å². The van der Waals surface area contributed by atoms with Crippen LogP contribution in [0.2, 0.25) is 0 Å². The van der Waals surface area contributed by atoms with Crippen molar-refractivity contribution in [1.29, 1.82) is 0 Å². The molecule has 23 heavy (non-hydrogen) atoms. The minimum atomic E-state index is -0.943. The van der Waals surface area contributed by atoms with Crippen molar-refractivity contribution in [3.8, 4) is 5.75 Å². The van der Waals surface area contributed by atoms with E-state index in [1.807, 2.05) is 19.1 Å². The van der Waals surface area contributed by atoms with Crippen molar-refractivity contribution in [2.45, 2.75) is 33.1 Å². The largest absolute Gasteiger partial charge is 0.550 e. The maximum atomic E-state index is 9.65. The van der Waals surface area contributed by atoms with Gasteiger partial charge in [0.1, 0.15) is 5.75 Å². The van der Waals surface area contributed by atoms with Gasteiger partial charge in [0.05, 0.1) is 12.8 Å². The van der Waals surface area contributed by atoms with Crippen LogP contribution in [0.1, 0.15) is 33.1 Å². The summed E-state index contributed by atoms with van der Waals surface area (Å²) in [6.07, 6.45) is 1.87. The number of methoxy groups -OCH3 is 1. The Morgan fingerprint density at radius 2 is 1.83 bits per heavy atom. The molecular weight excluding hydrogens is 292 g/mol. The molecule has 0 saturated carbocycles. The smallest absolute Gasteiger partial charge is 0.142 e. The predicted molar refractivity (Wildman–Crippen MR) is 91.9 cm³/mol. The van der Waals surface area contributed by atoms with Crippen molar-refractivity contribution in [3.63, 3.8) is 0 Å². The second-order valence-electron chi connectivity index (χ2n) is 5.57. The van der Waals surface area contributed by atoms with Crippen molar-refractivity contribution in [2.75, 3.05) is 44.7 Å². The lowest BCUT2D eigenvalue weighted by Crippen LogP contribution is -2.46. The van der Waals surface area contributed by atoms with Crippen LogP contribution in [-0.2, 0) is 4.79 Å². The summed E-state index contributed by atoms with van der Waals surface area (Å²) in [6.45, 7) is 9.80. The maximum absolute atomic E-state index is 9.65. The first-order chi connectivity index (χ1) is 11.1. The lowest BCUT2D eigenvalue weighted by Gasteiger charge is -2.36. The van der Waals surface area contributed by atoms with Crippen LogP contribution in [0.4, 0.5) is 5.69 Å². The number of anilines is 1. The number of benzene rings is 1. The number of carboxylic acid groups (broad SMARTS) is 1. The third kappa shape index (κ3) is 6.91. The Bertz CT molecular complexity index is 457. The first-order valence-electron chi connectivity index (χ1n) is 8.42. The van der Waals surface area contributed by atoms with Crippen molar-refractivity contribution in [1.82, 2.24) is 4.90 Å². The minimum absolute atomic E-state index is 0.205. The van der Waals surface area contributed by atoms with Gasteiger partial charge in [-0.3, -0.25) is 0 Å². The molecule has 1 fully saturated rings. The highest BCUT2D eigenvalue weighted by molar-refractivity contribution is 5.64. The molecule has 0 spiro atoms. The fraction of sp³-hybridized carbons (Fsp3) is 0.611. The molecule has 5 nitrogen and oxygen atoms in total. The van der Waals surface area contributed by atoms with E-state index < -0.39 is 5.97 Å². The maximum Gasteiger partial charge on any atom is 0.142 e. The average molecular weight is 321 g/mol. The number of nitrogens with zero attached hydrogens (tertiary/aromatic N) is 2. The van der Waals surface area contributed by atoms with Gasteiger partial charge >= 0.3 is 0 Å². The summed E-state index contributed by atoms with van der Waals surface area (Å²) in [6, 6.07) is 8.26. The highest BCUT2D eigenvalue weighted by Gasteiger charge is 2.17. The molecule has 0 atom stereocenters. The number of carbonyl (C=O) groups excluding carboxylic acids is 1. The number of likely N-dealkylation sites (N-methyl/N-ethyl adjacent to an activating group) is 1. The molecule has 0 aromatic heterocycles. The highest BCUT2D eigenvalue weighted by Crippen LogP contribution is 2.28. The zero-order valence-electron chi connectivity index (χ0n) is 14.6. The number of carbonyl (C=O) groups is 1. The summed E-state index contributed by atoms with van der Waals surface area (Å²) in [4.78, 5) is 14.5. The van der Waals surface area contributed by atoms with E-state index in [0.717, 1.165) is 51.3 Å². The van der Waals surface area contributed by atoms with Crippen LogP contribution in [0, 0.1) is 0 Å². The summed E-state index contributed by atoms with van der Waals surface area (Å²) in [5.74, 6) is 0.0364. The van der Waals surface area contributed by atoms with Gasteiger partial charge in [0.25, 0.3) is 0 Å². The summed E-state index contributed by atoms with van der Waals surface area (Å²) < 4.78 is 5.40. The number of para-hydroxylation sites is 2. The molecule has 1 aromatic rings. The molecular formula is C18H29N2O3-. The fourth-order valence-corrected chi connectivity index (χ4v) is 2.52. The van der Waals surface area contributed by atoms with Crippen LogP contribution in [-0.4, -0.2) is 50.7 Å². The minimum Gasteiger partial charge on any atom is -0.550 e. The number of rotatable bonds is 6. The molecule has 0 aliphatic carbocycles. The van der Waals surface area contributed by atoms with E-state index in [4.69, 9.17) is 4.74 Å². The normalized spacial score (nSPS) is 14.8. The molecule has 0 amide bonds. The Kier molecular flexibility index (Phi) is 9.14. The Labute approximate surface area is 139 Å². The van der Waals surface area contributed by atoms with Gasteiger partial charge in [-0.25, -0.2) is 0 Å². The number of hydrogen-bond donors (Lipinski definition) is 0. The third-order valence-corrected chi connectivity index (χ3v) is 3.98.